The van der Waals surface area contributed by atoms with Gasteiger partial charge < -0.3 is 10.2 Å². The fraction of sp³-hybridized carbons (Fsp3) is 0.875. The lowest BCUT2D eigenvalue weighted by Gasteiger charge is -2.16. The Kier molecular flexibility index (Phi) is 4.86. The fourth-order valence-corrected chi connectivity index (χ4v) is 0.844. The Labute approximate surface area is 68.8 Å². The zero-order chi connectivity index (χ0) is 8.85. The lowest BCUT2D eigenvalue weighted by molar-refractivity contribution is -0.129. The Balaban J connectivity index is 3.72. The molecular formula is C8H18N2O. The molecule has 11 heavy (non-hydrogen) atoms. The number of rotatable bonds is 4. The quantitative estimate of drug-likeness (QED) is 0.644. The van der Waals surface area contributed by atoms with Crippen LogP contribution in [0.5, 0.6) is 0 Å². The monoisotopic (exact) mass is 158 g/mol. The van der Waals surface area contributed by atoms with Gasteiger partial charge in [0.1, 0.15) is 0 Å². The molecule has 0 aliphatic heterocycles. The summed E-state index contributed by atoms with van der Waals surface area (Å²) in [6, 6.07) is 0.324. The maximum Gasteiger partial charge on any atom is 0.223 e. The van der Waals surface area contributed by atoms with E-state index in [2.05, 4.69) is 12.2 Å². The van der Waals surface area contributed by atoms with E-state index in [4.69, 9.17) is 0 Å². The summed E-state index contributed by atoms with van der Waals surface area (Å²) in [6.45, 7) is 2.07. The zero-order valence-corrected chi connectivity index (χ0v) is 7.85. The molecule has 0 spiro atoms. The summed E-state index contributed by atoms with van der Waals surface area (Å²) >= 11 is 0. The van der Waals surface area contributed by atoms with Gasteiger partial charge in [-0.2, -0.15) is 0 Å². The average Bonchev–Trinajstić information content (AvgIpc) is 1.99. The van der Waals surface area contributed by atoms with E-state index < -0.39 is 0 Å². The molecule has 1 N–H and O–H groups in total. The molecule has 0 aliphatic carbocycles. The van der Waals surface area contributed by atoms with Crippen LogP contribution < -0.4 is 5.32 Å². The van der Waals surface area contributed by atoms with Gasteiger partial charge in [-0.15, -0.1) is 0 Å². The first-order chi connectivity index (χ1) is 5.11. The van der Waals surface area contributed by atoms with Crippen molar-refractivity contribution < 1.29 is 4.79 Å². The molecule has 0 bridgehead atoms. The highest BCUT2D eigenvalue weighted by atomic mass is 16.2. The molecule has 3 nitrogen and oxygen atoms in total. The minimum atomic E-state index is 0.186. The Morgan fingerprint density at radius 2 is 2.09 bits per heavy atom. The Hall–Kier alpha value is -0.570. The first-order valence-corrected chi connectivity index (χ1v) is 3.99. The van der Waals surface area contributed by atoms with Crippen LogP contribution in [0.15, 0.2) is 0 Å². The average molecular weight is 158 g/mol. The van der Waals surface area contributed by atoms with E-state index in [1.807, 2.05) is 7.05 Å². The molecule has 0 saturated heterocycles. The first kappa shape index (κ1) is 10.4. The van der Waals surface area contributed by atoms with Crippen molar-refractivity contribution in [1.82, 2.24) is 10.2 Å². The molecule has 0 radical (unpaired) electrons. The predicted molar refractivity (Wildman–Crippen MR) is 46.4 cm³/mol. The van der Waals surface area contributed by atoms with Gasteiger partial charge in [0.2, 0.25) is 5.91 Å². The maximum atomic E-state index is 11.2. The number of carbonyl (C=O) groups is 1. The van der Waals surface area contributed by atoms with Crippen LogP contribution in [-0.2, 0) is 4.79 Å². The summed E-state index contributed by atoms with van der Waals surface area (Å²) in [7, 11) is 5.45. The van der Waals surface area contributed by atoms with Crippen LogP contribution >= 0.6 is 0 Å². The van der Waals surface area contributed by atoms with Gasteiger partial charge in [-0.05, 0) is 13.5 Å². The maximum absolute atomic E-state index is 11.2. The van der Waals surface area contributed by atoms with Gasteiger partial charge in [-0.1, -0.05) is 6.92 Å². The zero-order valence-electron chi connectivity index (χ0n) is 7.85. The second-order valence-electron chi connectivity index (χ2n) is 2.89. The van der Waals surface area contributed by atoms with Crippen molar-refractivity contribution in [2.75, 3.05) is 21.1 Å². The van der Waals surface area contributed by atoms with Gasteiger partial charge in [0.05, 0.1) is 0 Å². The number of carbonyl (C=O) groups excluding carboxylic acids is 1. The smallest absolute Gasteiger partial charge is 0.223 e. The van der Waals surface area contributed by atoms with Gasteiger partial charge in [0.25, 0.3) is 0 Å². The Morgan fingerprint density at radius 1 is 1.55 bits per heavy atom. The first-order valence-electron chi connectivity index (χ1n) is 3.99. The molecule has 0 saturated carbocycles. The van der Waals surface area contributed by atoms with E-state index in [1.165, 1.54) is 0 Å². The minimum Gasteiger partial charge on any atom is -0.349 e. The fourth-order valence-electron chi connectivity index (χ4n) is 0.844. The second-order valence-corrected chi connectivity index (χ2v) is 2.89. The number of hydrogen-bond acceptors (Lipinski definition) is 2. The van der Waals surface area contributed by atoms with Crippen LogP contribution in [0.1, 0.15) is 19.8 Å². The van der Waals surface area contributed by atoms with Crippen LogP contribution in [0.3, 0.4) is 0 Å². The summed E-state index contributed by atoms with van der Waals surface area (Å²) in [4.78, 5) is 12.8. The molecular weight excluding hydrogens is 140 g/mol. The molecule has 0 aromatic carbocycles. The second kappa shape index (κ2) is 5.13. The van der Waals surface area contributed by atoms with E-state index in [1.54, 1.807) is 19.0 Å². The highest BCUT2D eigenvalue weighted by Gasteiger charge is 2.10. The Bertz CT molecular complexity index is 119. The highest BCUT2D eigenvalue weighted by molar-refractivity contribution is 5.76. The van der Waals surface area contributed by atoms with Crippen LogP contribution in [-0.4, -0.2) is 38.0 Å². The van der Waals surface area contributed by atoms with Crippen molar-refractivity contribution >= 4 is 5.91 Å². The summed E-state index contributed by atoms with van der Waals surface area (Å²) in [5.74, 6) is 0.186. The van der Waals surface area contributed by atoms with Gasteiger partial charge in [0.15, 0.2) is 0 Å². The van der Waals surface area contributed by atoms with Crippen LogP contribution in [0, 0.1) is 0 Å². The molecule has 1 amide bonds. The topological polar surface area (TPSA) is 32.3 Å². The number of amides is 1. The largest absolute Gasteiger partial charge is 0.349 e. The van der Waals surface area contributed by atoms with Crippen molar-refractivity contribution in [3.05, 3.63) is 0 Å². The van der Waals surface area contributed by atoms with Gasteiger partial charge in [-0.25, -0.2) is 0 Å². The third-order valence-electron chi connectivity index (χ3n) is 1.82. The lowest BCUT2D eigenvalue weighted by atomic mass is 10.1. The van der Waals surface area contributed by atoms with Gasteiger partial charge >= 0.3 is 0 Å². The Morgan fingerprint density at radius 3 is 2.36 bits per heavy atom. The molecule has 0 heterocycles. The van der Waals surface area contributed by atoms with E-state index >= 15 is 0 Å². The molecule has 0 fully saturated rings. The van der Waals surface area contributed by atoms with E-state index in [-0.39, 0.29) is 5.91 Å². The minimum absolute atomic E-state index is 0.186. The van der Waals surface area contributed by atoms with Gasteiger partial charge in [-0.3, -0.25) is 4.79 Å². The van der Waals surface area contributed by atoms with Crippen molar-refractivity contribution in [3.63, 3.8) is 0 Å². The third-order valence-corrected chi connectivity index (χ3v) is 1.82. The lowest BCUT2D eigenvalue weighted by Crippen LogP contribution is -2.32. The number of hydrogen-bond donors (Lipinski definition) is 1. The van der Waals surface area contributed by atoms with E-state index in [0.29, 0.717) is 12.5 Å². The standard InChI is InChI=1S/C8H18N2O/c1-5-7(9-2)6-8(11)10(3)4/h7,9H,5-6H2,1-4H3. The number of nitrogens with one attached hydrogen (secondary N) is 1. The van der Waals surface area contributed by atoms with Crippen molar-refractivity contribution in [2.24, 2.45) is 0 Å². The molecule has 0 aliphatic rings. The molecule has 3 heteroatoms. The summed E-state index contributed by atoms with van der Waals surface area (Å²) in [5, 5.41) is 3.09. The summed E-state index contributed by atoms with van der Waals surface area (Å²) in [6.07, 6.45) is 1.59. The molecule has 0 rings (SSSR count). The van der Waals surface area contributed by atoms with Crippen LogP contribution in [0.4, 0.5) is 0 Å². The third kappa shape index (κ3) is 3.98. The van der Waals surface area contributed by atoms with Crippen molar-refractivity contribution in [2.45, 2.75) is 25.8 Å². The molecule has 0 aromatic rings. The highest BCUT2D eigenvalue weighted by Crippen LogP contribution is 1.98. The van der Waals surface area contributed by atoms with Crippen molar-refractivity contribution in [1.29, 1.82) is 0 Å². The normalized spacial score (nSPS) is 12.7. The molecule has 66 valence electrons. The molecule has 1 atom stereocenters. The summed E-state index contributed by atoms with van der Waals surface area (Å²) < 4.78 is 0. The number of nitrogens with zero attached hydrogens (tertiary/aromatic N) is 1. The molecule has 0 aromatic heterocycles. The van der Waals surface area contributed by atoms with Crippen LogP contribution in [0.25, 0.3) is 0 Å². The molecule has 1 unspecified atom stereocenters. The van der Waals surface area contributed by atoms with E-state index in [9.17, 15) is 4.79 Å². The van der Waals surface area contributed by atoms with E-state index in [0.717, 1.165) is 6.42 Å². The van der Waals surface area contributed by atoms with Crippen molar-refractivity contribution in [3.8, 4) is 0 Å². The summed E-state index contributed by atoms with van der Waals surface area (Å²) in [5.41, 5.74) is 0. The van der Waals surface area contributed by atoms with Gasteiger partial charge in [0, 0.05) is 26.6 Å². The predicted octanol–water partition coefficient (Wildman–Crippen LogP) is 0.463. The SMILES string of the molecule is CCC(CC(=O)N(C)C)NC. The van der Waals surface area contributed by atoms with Crippen LogP contribution in [0.2, 0.25) is 0 Å².